The van der Waals surface area contributed by atoms with Crippen molar-refractivity contribution in [2.45, 2.75) is 38.8 Å². The molecule has 2 N–H and O–H groups in total. The number of carbonyl (C=O) groups is 1. The molecule has 0 saturated carbocycles. The topological polar surface area (TPSA) is 80.0 Å². The maximum Gasteiger partial charge on any atom is 0.257 e. The molecule has 0 aliphatic rings. The minimum atomic E-state index is -1.26. The van der Waals surface area contributed by atoms with Gasteiger partial charge in [0.15, 0.2) is 6.10 Å². The number of nitrogens with one attached hydrogen (secondary N) is 1. The highest BCUT2D eigenvalue weighted by atomic mass is 35.5. The highest BCUT2D eigenvalue weighted by molar-refractivity contribution is 6.30. The average molecular weight is 413 g/mol. The smallest absolute Gasteiger partial charge is 0.257 e. The first kappa shape index (κ1) is 21.0. The molecule has 29 heavy (non-hydrogen) atoms. The number of benzene rings is 2. The van der Waals surface area contributed by atoms with Crippen molar-refractivity contribution < 1.29 is 9.90 Å². The van der Waals surface area contributed by atoms with Crippen molar-refractivity contribution in [1.82, 2.24) is 14.8 Å². The van der Waals surface area contributed by atoms with Gasteiger partial charge in [0, 0.05) is 10.7 Å². The lowest BCUT2D eigenvalue weighted by Crippen LogP contribution is -2.22. The van der Waals surface area contributed by atoms with Crippen LogP contribution in [0, 0.1) is 5.92 Å². The fourth-order valence-electron chi connectivity index (χ4n) is 3.51. The van der Waals surface area contributed by atoms with E-state index in [4.69, 9.17) is 11.6 Å². The van der Waals surface area contributed by atoms with Crippen molar-refractivity contribution in [3.8, 4) is 0 Å². The lowest BCUT2D eigenvalue weighted by atomic mass is 9.89. The predicted octanol–water partition coefficient (Wildman–Crippen LogP) is 4.63. The molecule has 2 atom stereocenters. The Balaban J connectivity index is 1.74. The van der Waals surface area contributed by atoms with Crippen molar-refractivity contribution in [2.24, 2.45) is 5.92 Å². The second-order valence-corrected chi connectivity index (χ2v) is 7.40. The molecule has 0 saturated heterocycles. The summed E-state index contributed by atoms with van der Waals surface area (Å²) in [6, 6.07) is 14.3. The Morgan fingerprint density at radius 1 is 1.07 bits per heavy atom. The normalized spacial score (nSPS) is 13.3. The standard InChI is InChI=1S/C22H25ClN4O2/c1-3-15(4-2)20(27-14-24-13-25-27)16-7-11-19(12-8-16)26-22(29)21(28)17-5-9-18(23)10-6-17/h5-15,20-21,28H,3-4H2,1-2H3,(H,26,29). The highest BCUT2D eigenvalue weighted by Crippen LogP contribution is 2.31. The molecule has 0 radical (unpaired) electrons. The number of rotatable bonds is 8. The van der Waals surface area contributed by atoms with Crippen LogP contribution in [0.25, 0.3) is 0 Å². The van der Waals surface area contributed by atoms with Crippen LogP contribution in [0.3, 0.4) is 0 Å². The minimum Gasteiger partial charge on any atom is -0.378 e. The van der Waals surface area contributed by atoms with E-state index in [9.17, 15) is 9.90 Å². The zero-order valence-electron chi connectivity index (χ0n) is 16.5. The van der Waals surface area contributed by atoms with E-state index >= 15 is 0 Å². The second kappa shape index (κ2) is 9.67. The first-order valence-electron chi connectivity index (χ1n) is 9.72. The number of hydrogen-bond acceptors (Lipinski definition) is 4. The van der Waals surface area contributed by atoms with Crippen molar-refractivity contribution in [2.75, 3.05) is 5.32 Å². The molecule has 0 aliphatic carbocycles. The molecule has 0 aliphatic heterocycles. The molecule has 1 aromatic heterocycles. The summed E-state index contributed by atoms with van der Waals surface area (Å²) in [5.74, 6) is -0.0724. The fourth-order valence-corrected chi connectivity index (χ4v) is 3.63. The largest absolute Gasteiger partial charge is 0.378 e. The van der Waals surface area contributed by atoms with Gasteiger partial charge in [0.05, 0.1) is 6.04 Å². The Labute approximate surface area is 175 Å². The number of aliphatic hydroxyl groups excluding tert-OH is 1. The first-order valence-corrected chi connectivity index (χ1v) is 10.1. The van der Waals surface area contributed by atoms with Gasteiger partial charge in [-0.25, -0.2) is 9.67 Å². The summed E-state index contributed by atoms with van der Waals surface area (Å²) in [5.41, 5.74) is 2.21. The Morgan fingerprint density at radius 3 is 2.24 bits per heavy atom. The number of amides is 1. The fraction of sp³-hybridized carbons (Fsp3) is 0.318. The summed E-state index contributed by atoms with van der Waals surface area (Å²) in [4.78, 5) is 16.5. The number of aromatic nitrogens is 3. The summed E-state index contributed by atoms with van der Waals surface area (Å²) >= 11 is 5.85. The number of carbonyl (C=O) groups excluding carboxylic acids is 1. The molecular formula is C22H25ClN4O2. The number of nitrogens with zero attached hydrogens (tertiary/aromatic N) is 3. The zero-order chi connectivity index (χ0) is 20.8. The minimum absolute atomic E-state index is 0.0805. The molecule has 6 nitrogen and oxygen atoms in total. The molecule has 2 unspecified atom stereocenters. The van der Waals surface area contributed by atoms with Gasteiger partial charge in [0.25, 0.3) is 5.91 Å². The zero-order valence-corrected chi connectivity index (χ0v) is 17.3. The molecule has 3 rings (SSSR count). The predicted molar refractivity (Wildman–Crippen MR) is 114 cm³/mol. The van der Waals surface area contributed by atoms with Gasteiger partial charge < -0.3 is 10.4 Å². The molecule has 1 amide bonds. The number of anilines is 1. The molecule has 0 spiro atoms. The van der Waals surface area contributed by atoms with Crippen LogP contribution in [0.2, 0.25) is 5.02 Å². The van der Waals surface area contributed by atoms with Crippen LogP contribution in [0.4, 0.5) is 5.69 Å². The van der Waals surface area contributed by atoms with Gasteiger partial charge in [0.2, 0.25) is 0 Å². The molecule has 1 heterocycles. The summed E-state index contributed by atoms with van der Waals surface area (Å²) in [5, 5.41) is 17.9. The number of hydrogen-bond donors (Lipinski definition) is 2. The van der Waals surface area contributed by atoms with Crippen LogP contribution in [-0.4, -0.2) is 25.8 Å². The van der Waals surface area contributed by atoms with Gasteiger partial charge in [-0.2, -0.15) is 5.10 Å². The summed E-state index contributed by atoms with van der Waals surface area (Å²) in [7, 11) is 0. The van der Waals surface area contributed by atoms with Crippen LogP contribution in [0.5, 0.6) is 0 Å². The van der Waals surface area contributed by atoms with E-state index < -0.39 is 12.0 Å². The van der Waals surface area contributed by atoms with Crippen LogP contribution >= 0.6 is 11.6 Å². The third-order valence-corrected chi connectivity index (χ3v) is 5.42. The van der Waals surface area contributed by atoms with Crippen LogP contribution in [0.1, 0.15) is 50.0 Å². The van der Waals surface area contributed by atoms with Crippen molar-refractivity contribution in [3.05, 3.63) is 77.3 Å². The Hall–Kier alpha value is -2.70. The summed E-state index contributed by atoms with van der Waals surface area (Å²) in [6.45, 7) is 4.34. The lowest BCUT2D eigenvalue weighted by Gasteiger charge is -2.26. The summed E-state index contributed by atoms with van der Waals surface area (Å²) in [6.07, 6.45) is 4.06. The Kier molecular flexibility index (Phi) is 7.01. The summed E-state index contributed by atoms with van der Waals surface area (Å²) < 4.78 is 1.88. The van der Waals surface area contributed by atoms with E-state index in [2.05, 4.69) is 29.2 Å². The molecule has 3 aromatic rings. The third-order valence-electron chi connectivity index (χ3n) is 5.17. The first-order chi connectivity index (χ1) is 14.0. The highest BCUT2D eigenvalue weighted by Gasteiger charge is 2.23. The molecule has 152 valence electrons. The van der Waals surface area contributed by atoms with E-state index in [1.165, 1.54) is 0 Å². The Morgan fingerprint density at radius 2 is 1.69 bits per heavy atom. The van der Waals surface area contributed by atoms with Crippen LogP contribution in [0.15, 0.2) is 61.2 Å². The van der Waals surface area contributed by atoms with Crippen molar-refractivity contribution in [3.63, 3.8) is 0 Å². The quantitative estimate of drug-likeness (QED) is 0.565. The maximum atomic E-state index is 12.4. The molecule has 0 bridgehead atoms. The molecule has 0 fully saturated rings. The SMILES string of the molecule is CCC(CC)C(c1ccc(NC(=O)C(O)c2ccc(Cl)cc2)cc1)n1cncn1. The van der Waals surface area contributed by atoms with E-state index in [1.54, 1.807) is 36.9 Å². The van der Waals surface area contributed by atoms with Gasteiger partial charge in [-0.15, -0.1) is 0 Å². The van der Waals surface area contributed by atoms with Crippen molar-refractivity contribution in [1.29, 1.82) is 0 Å². The second-order valence-electron chi connectivity index (χ2n) is 6.96. The lowest BCUT2D eigenvalue weighted by molar-refractivity contribution is -0.124. The van der Waals surface area contributed by atoms with Crippen LogP contribution < -0.4 is 5.32 Å². The average Bonchev–Trinajstić information content (AvgIpc) is 3.27. The van der Waals surface area contributed by atoms with E-state index in [0.29, 0.717) is 22.2 Å². The van der Waals surface area contributed by atoms with E-state index in [-0.39, 0.29) is 6.04 Å². The van der Waals surface area contributed by atoms with E-state index in [0.717, 1.165) is 18.4 Å². The van der Waals surface area contributed by atoms with Gasteiger partial charge in [-0.3, -0.25) is 4.79 Å². The monoisotopic (exact) mass is 412 g/mol. The maximum absolute atomic E-state index is 12.4. The Bertz CT molecular complexity index is 907. The number of aliphatic hydroxyl groups is 1. The van der Waals surface area contributed by atoms with Gasteiger partial charge in [-0.1, -0.05) is 62.6 Å². The van der Waals surface area contributed by atoms with Gasteiger partial charge >= 0.3 is 0 Å². The van der Waals surface area contributed by atoms with Crippen molar-refractivity contribution >= 4 is 23.2 Å². The third kappa shape index (κ3) is 5.02. The van der Waals surface area contributed by atoms with Crippen LogP contribution in [-0.2, 0) is 4.79 Å². The molecular weight excluding hydrogens is 388 g/mol. The van der Waals surface area contributed by atoms with Gasteiger partial charge in [-0.05, 0) is 41.3 Å². The van der Waals surface area contributed by atoms with E-state index in [1.807, 2.05) is 28.9 Å². The molecule has 7 heteroatoms. The van der Waals surface area contributed by atoms with Gasteiger partial charge in [0.1, 0.15) is 12.7 Å². The molecule has 2 aromatic carbocycles. The number of halogens is 1.